The highest BCUT2D eigenvalue weighted by molar-refractivity contribution is 6.35. The molecule has 0 fully saturated rings. The molecule has 0 aliphatic carbocycles. The standard InChI is InChI=1S/C26H21ClN4O/c1-16(14-22-25-21(12-7-13-28-25)29-17(2)30-22)23-15-18-8-6-11-20(27)24(18)26(32)31(23)19-9-4-3-5-10-19/h3-13,15-16H,14H2,1-2H3/t16-/m1/s1. The van der Waals surface area contributed by atoms with Crippen LogP contribution in [-0.2, 0) is 6.42 Å². The number of hydrogen-bond donors (Lipinski definition) is 0. The van der Waals surface area contributed by atoms with E-state index in [-0.39, 0.29) is 11.5 Å². The van der Waals surface area contributed by atoms with Crippen LogP contribution in [0, 0.1) is 6.92 Å². The monoisotopic (exact) mass is 440 g/mol. The highest BCUT2D eigenvalue weighted by Gasteiger charge is 2.20. The molecular formula is C26H21ClN4O. The number of pyridine rings is 2. The van der Waals surface area contributed by atoms with Crippen LogP contribution in [-0.4, -0.2) is 19.5 Å². The first-order valence-electron chi connectivity index (χ1n) is 10.5. The fraction of sp³-hybridized carbons (Fsp3) is 0.154. The van der Waals surface area contributed by atoms with E-state index in [0.29, 0.717) is 22.7 Å². The van der Waals surface area contributed by atoms with Crippen molar-refractivity contribution in [1.29, 1.82) is 0 Å². The molecule has 0 spiro atoms. The summed E-state index contributed by atoms with van der Waals surface area (Å²) in [5, 5.41) is 1.82. The minimum Gasteiger partial charge on any atom is -0.280 e. The molecule has 5 nitrogen and oxygen atoms in total. The zero-order chi connectivity index (χ0) is 22.2. The predicted molar refractivity (Wildman–Crippen MR) is 129 cm³/mol. The second-order valence-corrected chi connectivity index (χ2v) is 8.35. The van der Waals surface area contributed by atoms with Gasteiger partial charge in [0.25, 0.3) is 5.56 Å². The number of fused-ring (bicyclic) bond motifs is 2. The van der Waals surface area contributed by atoms with E-state index < -0.39 is 0 Å². The second kappa shape index (κ2) is 8.17. The average molecular weight is 441 g/mol. The minimum absolute atomic E-state index is 0.00852. The maximum Gasteiger partial charge on any atom is 0.264 e. The molecule has 3 heterocycles. The Labute approximate surface area is 190 Å². The lowest BCUT2D eigenvalue weighted by Crippen LogP contribution is -2.24. The molecule has 1 atom stereocenters. The number of benzene rings is 2. The van der Waals surface area contributed by atoms with Gasteiger partial charge in [-0.25, -0.2) is 9.97 Å². The molecular weight excluding hydrogens is 420 g/mol. The van der Waals surface area contributed by atoms with Crippen molar-refractivity contribution in [2.75, 3.05) is 0 Å². The van der Waals surface area contributed by atoms with Gasteiger partial charge in [0.2, 0.25) is 0 Å². The molecule has 158 valence electrons. The Morgan fingerprint density at radius 1 is 1.00 bits per heavy atom. The van der Waals surface area contributed by atoms with Crippen molar-refractivity contribution in [1.82, 2.24) is 19.5 Å². The highest BCUT2D eigenvalue weighted by Crippen LogP contribution is 2.28. The summed E-state index contributed by atoms with van der Waals surface area (Å²) in [6, 6.07) is 21.1. The Balaban J connectivity index is 1.71. The summed E-state index contributed by atoms with van der Waals surface area (Å²) in [5.41, 5.74) is 4.08. The second-order valence-electron chi connectivity index (χ2n) is 7.94. The van der Waals surface area contributed by atoms with Crippen LogP contribution in [0.2, 0.25) is 5.02 Å². The van der Waals surface area contributed by atoms with E-state index >= 15 is 0 Å². The van der Waals surface area contributed by atoms with Gasteiger partial charge in [-0.3, -0.25) is 14.3 Å². The molecule has 0 bridgehead atoms. The van der Waals surface area contributed by atoms with Gasteiger partial charge in [0, 0.05) is 29.9 Å². The molecule has 0 saturated carbocycles. The maximum atomic E-state index is 13.6. The van der Waals surface area contributed by atoms with Gasteiger partial charge in [-0.05, 0) is 48.7 Å². The van der Waals surface area contributed by atoms with Gasteiger partial charge in [-0.1, -0.05) is 48.9 Å². The van der Waals surface area contributed by atoms with E-state index in [0.717, 1.165) is 33.5 Å². The smallest absolute Gasteiger partial charge is 0.264 e. The van der Waals surface area contributed by atoms with Crippen molar-refractivity contribution in [2.45, 2.75) is 26.2 Å². The Morgan fingerprint density at radius 3 is 2.62 bits per heavy atom. The first kappa shape index (κ1) is 20.3. The topological polar surface area (TPSA) is 60.7 Å². The Hall–Kier alpha value is -3.57. The molecule has 6 heteroatoms. The lowest BCUT2D eigenvalue weighted by molar-refractivity contribution is 0.684. The third kappa shape index (κ3) is 3.55. The van der Waals surface area contributed by atoms with Gasteiger partial charge in [0.15, 0.2) is 0 Å². The first-order valence-corrected chi connectivity index (χ1v) is 10.9. The summed E-state index contributed by atoms with van der Waals surface area (Å²) in [6.07, 6.45) is 2.38. The van der Waals surface area contributed by atoms with E-state index in [1.807, 2.05) is 61.5 Å². The van der Waals surface area contributed by atoms with Gasteiger partial charge < -0.3 is 0 Å². The van der Waals surface area contributed by atoms with Crippen molar-refractivity contribution in [2.24, 2.45) is 0 Å². The summed E-state index contributed by atoms with van der Waals surface area (Å²) >= 11 is 6.43. The van der Waals surface area contributed by atoms with Gasteiger partial charge >= 0.3 is 0 Å². The molecule has 0 unspecified atom stereocenters. The van der Waals surface area contributed by atoms with Crippen LogP contribution in [0.15, 0.2) is 77.7 Å². The SMILES string of the molecule is Cc1nc(C[C@@H](C)c2cc3cccc(Cl)c3c(=O)n2-c2ccccc2)c2ncccc2n1. The number of halogens is 1. The average Bonchev–Trinajstić information content (AvgIpc) is 2.79. The number of aryl methyl sites for hydroxylation is 1. The quantitative estimate of drug-likeness (QED) is 0.363. The molecule has 5 aromatic rings. The minimum atomic E-state index is -0.122. The number of rotatable bonds is 4. The largest absolute Gasteiger partial charge is 0.280 e. The van der Waals surface area contributed by atoms with Crippen LogP contribution in [0.4, 0.5) is 0 Å². The lowest BCUT2D eigenvalue weighted by Gasteiger charge is -2.20. The Morgan fingerprint density at radius 2 is 1.81 bits per heavy atom. The summed E-state index contributed by atoms with van der Waals surface area (Å²) in [7, 11) is 0. The molecule has 0 amide bonds. The normalized spacial score (nSPS) is 12.3. The Bertz CT molecular complexity index is 1510. The number of aromatic nitrogens is 4. The summed E-state index contributed by atoms with van der Waals surface area (Å²) in [6.45, 7) is 4.00. The van der Waals surface area contributed by atoms with Crippen LogP contribution in [0.1, 0.15) is 30.1 Å². The molecule has 32 heavy (non-hydrogen) atoms. The number of para-hydroxylation sites is 1. The maximum absolute atomic E-state index is 13.6. The lowest BCUT2D eigenvalue weighted by atomic mass is 9.97. The van der Waals surface area contributed by atoms with E-state index in [4.69, 9.17) is 11.6 Å². The van der Waals surface area contributed by atoms with Gasteiger partial charge in [-0.15, -0.1) is 0 Å². The molecule has 0 N–H and O–H groups in total. The summed E-state index contributed by atoms with van der Waals surface area (Å²) in [4.78, 5) is 27.3. The number of hydrogen-bond acceptors (Lipinski definition) is 4. The van der Waals surface area contributed by atoms with Crippen molar-refractivity contribution < 1.29 is 0 Å². The van der Waals surface area contributed by atoms with Crippen LogP contribution < -0.4 is 5.56 Å². The summed E-state index contributed by atoms with van der Waals surface area (Å²) < 4.78 is 1.77. The van der Waals surface area contributed by atoms with E-state index in [1.54, 1.807) is 16.8 Å². The number of nitrogens with zero attached hydrogens (tertiary/aromatic N) is 4. The molecule has 0 aliphatic heterocycles. The van der Waals surface area contributed by atoms with E-state index in [2.05, 4.69) is 27.9 Å². The van der Waals surface area contributed by atoms with Gasteiger partial charge in [-0.2, -0.15) is 0 Å². The van der Waals surface area contributed by atoms with Crippen LogP contribution in [0.3, 0.4) is 0 Å². The third-order valence-electron chi connectivity index (χ3n) is 5.68. The third-order valence-corrected chi connectivity index (χ3v) is 6.00. The zero-order valence-corrected chi connectivity index (χ0v) is 18.5. The Kier molecular flexibility index (Phi) is 5.19. The zero-order valence-electron chi connectivity index (χ0n) is 17.8. The van der Waals surface area contributed by atoms with Crippen molar-refractivity contribution in [3.05, 3.63) is 106 Å². The predicted octanol–water partition coefficient (Wildman–Crippen LogP) is 5.64. The fourth-order valence-corrected chi connectivity index (χ4v) is 4.50. The molecule has 0 aliphatic rings. The van der Waals surface area contributed by atoms with Crippen LogP contribution in [0.25, 0.3) is 27.5 Å². The fourth-order valence-electron chi connectivity index (χ4n) is 4.24. The van der Waals surface area contributed by atoms with Crippen LogP contribution >= 0.6 is 11.6 Å². The van der Waals surface area contributed by atoms with E-state index in [1.165, 1.54) is 0 Å². The molecule has 0 radical (unpaired) electrons. The first-order chi connectivity index (χ1) is 15.5. The van der Waals surface area contributed by atoms with E-state index in [9.17, 15) is 4.79 Å². The molecule has 0 saturated heterocycles. The van der Waals surface area contributed by atoms with Gasteiger partial charge in [0.1, 0.15) is 11.3 Å². The van der Waals surface area contributed by atoms with Crippen molar-refractivity contribution >= 4 is 33.4 Å². The summed E-state index contributed by atoms with van der Waals surface area (Å²) in [5.74, 6) is 0.698. The molecule has 2 aromatic carbocycles. The highest BCUT2D eigenvalue weighted by atomic mass is 35.5. The van der Waals surface area contributed by atoms with Crippen LogP contribution in [0.5, 0.6) is 0 Å². The van der Waals surface area contributed by atoms with Gasteiger partial charge in [0.05, 0.1) is 21.6 Å². The molecule has 5 rings (SSSR count). The van der Waals surface area contributed by atoms with Crippen molar-refractivity contribution in [3.63, 3.8) is 0 Å². The van der Waals surface area contributed by atoms with Crippen molar-refractivity contribution in [3.8, 4) is 5.69 Å². The molecule has 3 aromatic heterocycles.